The molecule has 27 heavy (non-hydrogen) atoms. The van der Waals surface area contributed by atoms with Crippen LogP contribution in [0, 0.1) is 0 Å². The Morgan fingerprint density at radius 3 is 2.81 bits per heavy atom. The summed E-state index contributed by atoms with van der Waals surface area (Å²) >= 11 is 1.30. The van der Waals surface area contributed by atoms with E-state index in [4.69, 9.17) is 10.5 Å². The van der Waals surface area contributed by atoms with Crippen LogP contribution in [0.4, 0.5) is 22.7 Å². The smallest absolute Gasteiger partial charge is 0.358 e. The average Bonchev–Trinajstić information content (AvgIpc) is 3.14. The van der Waals surface area contributed by atoms with Crippen molar-refractivity contribution in [2.24, 2.45) is 0 Å². The highest BCUT2D eigenvalue weighted by atomic mass is 32.1. The molecular formula is C17H17N7O2S. The Balaban J connectivity index is 1.62. The summed E-state index contributed by atoms with van der Waals surface area (Å²) in [5.74, 6) is -0.0488. The van der Waals surface area contributed by atoms with Crippen LogP contribution in [-0.4, -0.2) is 32.4 Å². The SMILES string of the molecule is C=CCNc1nc(C(=O)OCc2nc(N)nc(Nc3ccccc3)n2)cs1. The second kappa shape index (κ2) is 8.72. The fourth-order valence-electron chi connectivity index (χ4n) is 2.02. The van der Waals surface area contributed by atoms with Crippen molar-refractivity contribution in [2.75, 3.05) is 22.9 Å². The number of thiazole rings is 1. The van der Waals surface area contributed by atoms with Crippen molar-refractivity contribution in [3.63, 3.8) is 0 Å². The summed E-state index contributed by atoms with van der Waals surface area (Å²) in [4.78, 5) is 28.5. The van der Waals surface area contributed by atoms with E-state index in [-0.39, 0.29) is 30.0 Å². The molecule has 0 aliphatic rings. The standard InChI is InChI=1S/C17H17N7O2S/c1-2-8-19-17-21-12(10-27-17)14(25)26-9-13-22-15(18)24-16(23-13)20-11-6-4-3-5-7-11/h2-7,10H,1,8-9H2,(H,19,21)(H3,18,20,22,23,24). The number of esters is 1. The molecule has 0 aliphatic carbocycles. The van der Waals surface area contributed by atoms with Gasteiger partial charge in [-0.05, 0) is 12.1 Å². The van der Waals surface area contributed by atoms with Gasteiger partial charge in [-0.3, -0.25) is 0 Å². The second-order valence-electron chi connectivity index (χ2n) is 5.21. The van der Waals surface area contributed by atoms with Crippen molar-refractivity contribution in [1.82, 2.24) is 19.9 Å². The van der Waals surface area contributed by atoms with E-state index in [9.17, 15) is 4.79 Å². The molecule has 0 unspecified atom stereocenters. The van der Waals surface area contributed by atoms with Gasteiger partial charge >= 0.3 is 5.97 Å². The number of nitrogen functional groups attached to an aromatic ring is 1. The number of nitrogens with one attached hydrogen (secondary N) is 2. The lowest BCUT2D eigenvalue weighted by Crippen LogP contribution is -2.11. The van der Waals surface area contributed by atoms with Crippen LogP contribution in [0.15, 0.2) is 48.4 Å². The third-order valence-electron chi connectivity index (χ3n) is 3.17. The number of hydrogen-bond acceptors (Lipinski definition) is 10. The monoisotopic (exact) mass is 383 g/mol. The fourth-order valence-corrected chi connectivity index (χ4v) is 2.71. The van der Waals surface area contributed by atoms with Crippen LogP contribution in [-0.2, 0) is 11.3 Å². The average molecular weight is 383 g/mol. The summed E-state index contributed by atoms with van der Waals surface area (Å²) in [7, 11) is 0. The largest absolute Gasteiger partial charge is 0.453 e. The second-order valence-corrected chi connectivity index (χ2v) is 6.07. The van der Waals surface area contributed by atoms with Crippen LogP contribution in [0.5, 0.6) is 0 Å². The molecule has 0 aliphatic heterocycles. The number of nitrogens with two attached hydrogens (primary N) is 1. The van der Waals surface area contributed by atoms with Gasteiger partial charge in [-0.25, -0.2) is 9.78 Å². The molecule has 2 aromatic heterocycles. The van der Waals surface area contributed by atoms with Crippen LogP contribution in [0.2, 0.25) is 0 Å². The number of hydrogen-bond donors (Lipinski definition) is 3. The summed E-state index contributed by atoms with van der Waals surface area (Å²) in [6.45, 7) is 4.02. The number of aromatic nitrogens is 4. The Hall–Kier alpha value is -3.53. The molecule has 10 heteroatoms. The van der Waals surface area contributed by atoms with Crippen molar-refractivity contribution < 1.29 is 9.53 Å². The minimum absolute atomic E-state index is 0.0269. The van der Waals surface area contributed by atoms with Gasteiger partial charge in [0.25, 0.3) is 0 Å². The van der Waals surface area contributed by atoms with E-state index in [0.717, 1.165) is 5.69 Å². The number of benzene rings is 1. The molecule has 1 aromatic carbocycles. The van der Waals surface area contributed by atoms with E-state index in [1.54, 1.807) is 11.5 Å². The maximum Gasteiger partial charge on any atom is 0.358 e. The molecule has 0 amide bonds. The first-order valence-electron chi connectivity index (χ1n) is 7.94. The number of anilines is 4. The summed E-state index contributed by atoms with van der Waals surface area (Å²) < 4.78 is 5.21. The lowest BCUT2D eigenvalue weighted by molar-refractivity contribution is 0.0456. The van der Waals surface area contributed by atoms with Crippen molar-refractivity contribution in [3.05, 3.63) is 59.9 Å². The van der Waals surface area contributed by atoms with Crippen molar-refractivity contribution in [2.45, 2.75) is 6.61 Å². The van der Waals surface area contributed by atoms with Crippen molar-refractivity contribution >= 4 is 40.0 Å². The van der Waals surface area contributed by atoms with Gasteiger partial charge in [-0.15, -0.1) is 17.9 Å². The molecule has 3 aromatic rings. The van der Waals surface area contributed by atoms with Crippen LogP contribution in [0.1, 0.15) is 16.3 Å². The zero-order valence-electron chi connectivity index (χ0n) is 14.3. The number of para-hydroxylation sites is 1. The first-order valence-corrected chi connectivity index (χ1v) is 8.82. The lowest BCUT2D eigenvalue weighted by Gasteiger charge is -2.07. The molecule has 0 spiro atoms. The molecule has 0 saturated carbocycles. The zero-order chi connectivity index (χ0) is 19.1. The van der Waals surface area contributed by atoms with Gasteiger partial charge in [0.15, 0.2) is 23.3 Å². The molecule has 0 radical (unpaired) electrons. The summed E-state index contributed by atoms with van der Waals surface area (Å²) in [6.07, 6.45) is 1.70. The lowest BCUT2D eigenvalue weighted by atomic mass is 10.3. The third kappa shape index (κ3) is 5.22. The first-order chi connectivity index (χ1) is 13.1. The molecule has 2 heterocycles. The number of rotatable bonds is 8. The van der Waals surface area contributed by atoms with Gasteiger partial charge in [-0.1, -0.05) is 24.3 Å². The van der Waals surface area contributed by atoms with E-state index < -0.39 is 5.97 Å². The Labute approximate surface area is 159 Å². The highest BCUT2D eigenvalue weighted by Gasteiger charge is 2.14. The Morgan fingerprint density at radius 2 is 2.04 bits per heavy atom. The molecule has 4 N–H and O–H groups in total. The summed E-state index contributed by atoms with van der Waals surface area (Å²) in [5, 5.41) is 8.24. The van der Waals surface area contributed by atoms with E-state index in [2.05, 4.69) is 37.1 Å². The van der Waals surface area contributed by atoms with E-state index in [1.165, 1.54) is 11.3 Å². The Kier molecular flexibility index (Phi) is 5.90. The van der Waals surface area contributed by atoms with E-state index >= 15 is 0 Å². The molecule has 138 valence electrons. The van der Waals surface area contributed by atoms with E-state index in [1.807, 2.05) is 30.3 Å². The van der Waals surface area contributed by atoms with Gasteiger partial charge in [0.05, 0.1) is 0 Å². The number of nitrogens with zero attached hydrogens (tertiary/aromatic N) is 4. The predicted molar refractivity (Wildman–Crippen MR) is 104 cm³/mol. The van der Waals surface area contributed by atoms with Crippen molar-refractivity contribution in [3.8, 4) is 0 Å². The topological polar surface area (TPSA) is 128 Å². The highest BCUT2D eigenvalue weighted by Crippen LogP contribution is 2.17. The van der Waals surface area contributed by atoms with Gasteiger partial charge in [-0.2, -0.15) is 15.0 Å². The normalized spacial score (nSPS) is 10.2. The van der Waals surface area contributed by atoms with Gasteiger partial charge in [0.2, 0.25) is 11.9 Å². The fraction of sp³-hybridized carbons (Fsp3) is 0.118. The van der Waals surface area contributed by atoms with Crippen molar-refractivity contribution in [1.29, 1.82) is 0 Å². The van der Waals surface area contributed by atoms with Crippen LogP contribution in [0.3, 0.4) is 0 Å². The van der Waals surface area contributed by atoms with Crippen LogP contribution in [0.25, 0.3) is 0 Å². The molecule has 0 bridgehead atoms. The van der Waals surface area contributed by atoms with Crippen LogP contribution < -0.4 is 16.4 Å². The van der Waals surface area contributed by atoms with E-state index in [0.29, 0.717) is 11.7 Å². The Bertz CT molecular complexity index is 930. The predicted octanol–water partition coefficient (Wildman–Crippen LogP) is 2.61. The number of ether oxygens (including phenoxy) is 1. The molecule has 0 saturated heterocycles. The number of carbonyl (C=O) groups is 1. The maximum absolute atomic E-state index is 12.1. The van der Waals surface area contributed by atoms with Gasteiger partial charge in [0, 0.05) is 17.6 Å². The summed E-state index contributed by atoms with van der Waals surface area (Å²) in [6, 6.07) is 9.37. The zero-order valence-corrected chi connectivity index (χ0v) is 15.1. The van der Waals surface area contributed by atoms with Crippen LogP contribution >= 0.6 is 11.3 Å². The molecule has 0 atom stereocenters. The highest BCUT2D eigenvalue weighted by molar-refractivity contribution is 7.13. The third-order valence-corrected chi connectivity index (χ3v) is 3.97. The Morgan fingerprint density at radius 1 is 1.22 bits per heavy atom. The van der Waals surface area contributed by atoms with Gasteiger partial charge < -0.3 is 21.1 Å². The quantitative estimate of drug-likeness (QED) is 0.397. The minimum Gasteiger partial charge on any atom is -0.453 e. The summed E-state index contributed by atoms with van der Waals surface area (Å²) in [5.41, 5.74) is 6.71. The molecule has 0 fully saturated rings. The minimum atomic E-state index is -0.575. The molecule has 3 rings (SSSR count). The number of carbonyl (C=O) groups excluding carboxylic acids is 1. The maximum atomic E-state index is 12.1. The molecular weight excluding hydrogens is 366 g/mol. The first kappa shape index (κ1) is 18.3. The van der Waals surface area contributed by atoms with Gasteiger partial charge in [0.1, 0.15) is 0 Å². The molecule has 9 nitrogen and oxygen atoms in total.